The van der Waals surface area contributed by atoms with Crippen molar-refractivity contribution in [3.05, 3.63) is 59.2 Å². The molecule has 0 aliphatic carbocycles. The minimum Gasteiger partial charge on any atom is -0.311 e. The summed E-state index contributed by atoms with van der Waals surface area (Å²) in [5, 5.41) is 0. The van der Waals surface area contributed by atoms with E-state index in [1.165, 1.54) is 25.1 Å². The van der Waals surface area contributed by atoms with E-state index in [-0.39, 0.29) is 10.8 Å². The molecule has 0 bridgehead atoms. The fourth-order valence-corrected chi connectivity index (χ4v) is 3.59. The van der Waals surface area contributed by atoms with Crippen molar-refractivity contribution < 1.29 is 13.2 Å². The molecule has 2 aromatic carbocycles. The summed E-state index contributed by atoms with van der Waals surface area (Å²) < 4.78 is 26.2. The molecule has 0 radical (unpaired) electrons. The summed E-state index contributed by atoms with van der Waals surface area (Å²) in [7, 11) is 1.02. The number of rotatable bonds is 4. The molecular formula is C18H22N2O3S. The van der Waals surface area contributed by atoms with E-state index in [0.29, 0.717) is 11.1 Å². The minimum absolute atomic E-state index is 0.164. The number of hydrogen-bond acceptors (Lipinski definition) is 3. The third kappa shape index (κ3) is 3.34. The summed E-state index contributed by atoms with van der Waals surface area (Å²) in [6.07, 6.45) is 0. The van der Waals surface area contributed by atoms with E-state index < -0.39 is 10.0 Å². The van der Waals surface area contributed by atoms with Crippen LogP contribution in [0, 0.1) is 13.8 Å². The maximum absolute atomic E-state index is 12.8. The van der Waals surface area contributed by atoms with Crippen LogP contribution in [0.1, 0.15) is 21.5 Å². The monoisotopic (exact) mass is 346 g/mol. The number of aryl methyl sites for hydroxylation is 1. The van der Waals surface area contributed by atoms with Crippen LogP contribution in [0.5, 0.6) is 0 Å². The van der Waals surface area contributed by atoms with Crippen molar-refractivity contribution in [1.29, 1.82) is 0 Å². The first kappa shape index (κ1) is 18.2. The molecule has 6 heteroatoms. The van der Waals surface area contributed by atoms with E-state index in [4.69, 9.17) is 0 Å². The summed E-state index contributed by atoms with van der Waals surface area (Å²) >= 11 is 0. The van der Waals surface area contributed by atoms with Crippen molar-refractivity contribution in [2.75, 3.05) is 26.0 Å². The van der Waals surface area contributed by atoms with Crippen molar-refractivity contribution in [3.63, 3.8) is 0 Å². The summed E-state index contributed by atoms with van der Waals surface area (Å²) in [4.78, 5) is 14.4. The van der Waals surface area contributed by atoms with Crippen LogP contribution in [-0.2, 0) is 10.0 Å². The number of nitrogens with zero attached hydrogens (tertiary/aromatic N) is 2. The predicted octanol–water partition coefficient (Wildman–Crippen LogP) is 2.83. The third-order valence-corrected chi connectivity index (χ3v) is 6.01. The Kier molecular flexibility index (Phi) is 5.11. The Morgan fingerprint density at radius 1 is 0.958 bits per heavy atom. The molecule has 128 valence electrons. The minimum atomic E-state index is -3.61. The van der Waals surface area contributed by atoms with Crippen LogP contribution in [0.3, 0.4) is 0 Å². The van der Waals surface area contributed by atoms with Crippen molar-refractivity contribution in [2.24, 2.45) is 0 Å². The number of carbonyl (C=O) groups is 1. The van der Waals surface area contributed by atoms with Gasteiger partial charge >= 0.3 is 0 Å². The lowest BCUT2D eigenvalue weighted by molar-refractivity contribution is 0.0992. The van der Waals surface area contributed by atoms with E-state index in [1.54, 1.807) is 20.0 Å². The highest BCUT2D eigenvalue weighted by atomic mass is 32.2. The van der Waals surface area contributed by atoms with Gasteiger partial charge in [-0.3, -0.25) is 4.79 Å². The average Bonchev–Trinajstić information content (AvgIpc) is 2.56. The van der Waals surface area contributed by atoms with Crippen molar-refractivity contribution in [2.45, 2.75) is 18.7 Å². The highest BCUT2D eigenvalue weighted by Gasteiger charge is 2.24. The molecule has 0 aliphatic heterocycles. The van der Waals surface area contributed by atoms with Gasteiger partial charge in [0.05, 0.1) is 4.90 Å². The van der Waals surface area contributed by atoms with Gasteiger partial charge in [0.15, 0.2) is 0 Å². The highest BCUT2D eigenvalue weighted by molar-refractivity contribution is 7.89. The highest BCUT2D eigenvalue weighted by Crippen LogP contribution is 2.25. The maximum atomic E-state index is 12.8. The summed E-state index contributed by atoms with van der Waals surface area (Å²) in [5.41, 5.74) is 2.52. The van der Waals surface area contributed by atoms with Gasteiger partial charge in [-0.25, -0.2) is 12.7 Å². The Bertz CT molecular complexity index is 859. The Morgan fingerprint density at radius 3 is 2.08 bits per heavy atom. The smallest absolute Gasteiger partial charge is 0.258 e. The summed E-state index contributed by atoms with van der Waals surface area (Å²) in [6, 6.07) is 12.4. The molecule has 0 fully saturated rings. The van der Waals surface area contributed by atoms with Crippen molar-refractivity contribution in [3.8, 4) is 0 Å². The lowest BCUT2D eigenvalue weighted by Gasteiger charge is -2.20. The van der Waals surface area contributed by atoms with E-state index in [2.05, 4.69) is 0 Å². The van der Waals surface area contributed by atoms with Gasteiger partial charge in [0, 0.05) is 32.4 Å². The van der Waals surface area contributed by atoms with Gasteiger partial charge in [-0.1, -0.05) is 18.2 Å². The number of amides is 1. The molecule has 0 saturated carbocycles. The molecule has 2 aromatic rings. The fraction of sp³-hybridized carbons (Fsp3) is 0.278. The molecule has 0 atom stereocenters. The molecule has 0 unspecified atom stereocenters. The number of para-hydroxylation sites is 1. The van der Waals surface area contributed by atoms with Crippen LogP contribution in [0.15, 0.2) is 47.4 Å². The lowest BCUT2D eigenvalue weighted by Crippen LogP contribution is -2.28. The van der Waals surface area contributed by atoms with E-state index >= 15 is 0 Å². The topological polar surface area (TPSA) is 57.7 Å². The Labute approximate surface area is 143 Å². The average molecular weight is 346 g/mol. The third-order valence-electron chi connectivity index (χ3n) is 4.07. The predicted molar refractivity (Wildman–Crippen MR) is 96.0 cm³/mol. The first-order valence-electron chi connectivity index (χ1n) is 7.53. The molecule has 1 amide bonds. The van der Waals surface area contributed by atoms with Crippen LogP contribution in [0.4, 0.5) is 5.69 Å². The van der Waals surface area contributed by atoms with Crippen LogP contribution in [-0.4, -0.2) is 39.8 Å². The molecular weight excluding hydrogens is 324 g/mol. The number of sulfonamides is 1. The second-order valence-corrected chi connectivity index (χ2v) is 8.02. The zero-order valence-corrected chi connectivity index (χ0v) is 15.4. The van der Waals surface area contributed by atoms with Gasteiger partial charge in [0.25, 0.3) is 5.91 Å². The Balaban J connectivity index is 2.53. The molecule has 5 nitrogen and oxygen atoms in total. The molecule has 0 aromatic heterocycles. The quantitative estimate of drug-likeness (QED) is 0.855. The van der Waals surface area contributed by atoms with Crippen molar-refractivity contribution in [1.82, 2.24) is 4.31 Å². The van der Waals surface area contributed by atoms with E-state index in [1.807, 2.05) is 37.3 Å². The van der Waals surface area contributed by atoms with Crippen LogP contribution in [0.2, 0.25) is 0 Å². The van der Waals surface area contributed by atoms with Crippen LogP contribution in [0.25, 0.3) is 0 Å². The first-order valence-corrected chi connectivity index (χ1v) is 8.97. The summed E-state index contributed by atoms with van der Waals surface area (Å²) in [5.74, 6) is -0.250. The number of hydrogen-bond donors (Lipinski definition) is 0. The largest absolute Gasteiger partial charge is 0.311 e. The second kappa shape index (κ2) is 6.75. The van der Waals surface area contributed by atoms with Gasteiger partial charge < -0.3 is 4.90 Å². The van der Waals surface area contributed by atoms with Crippen LogP contribution < -0.4 is 4.90 Å². The molecule has 0 spiro atoms. The zero-order chi connectivity index (χ0) is 18.1. The van der Waals surface area contributed by atoms with Gasteiger partial charge in [-0.15, -0.1) is 0 Å². The van der Waals surface area contributed by atoms with Crippen molar-refractivity contribution >= 4 is 21.6 Å². The maximum Gasteiger partial charge on any atom is 0.258 e. The van der Waals surface area contributed by atoms with Gasteiger partial charge in [0.1, 0.15) is 0 Å². The molecule has 0 N–H and O–H groups in total. The molecule has 0 saturated heterocycles. The number of carbonyl (C=O) groups excluding carboxylic acids is 1. The van der Waals surface area contributed by atoms with E-state index in [0.717, 1.165) is 15.6 Å². The zero-order valence-electron chi connectivity index (χ0n) is 14.6. The molecule has 24 heavy (non-hydrogen) atoms. The molecule has 0 heterocycles. The van der Waals surface area contributed by atoms with Gasteiger partial charge in [-0.05, 0) is 49.2 Å². The van der Waals surface area contributed by atoms with E-state index in [9.17, 15) is 13.2 Å². The van der Waals surface area contributed by atoms with Crippen LogP contribution >= 0.6 is 0 Å². The SMILES string of the molecule is Cc1cc(C(=O)N(C)c2ccccc2)cc(S(=O)(=O)N(C)C)c1C. The fourth-order valence-electron chi connectivity index (χ4n) is 2.38. The summed E-state index contributed by atoms with van der Waals surface area (Å²) in [6.45, 7) is 3.56. The normalized spacial score (nSPS) is 11.6. The second-order valence-electron chi connectivity index (χ2n) is 5.90. The number of benzene rings is 2. The lowest BCUT2D eigenvalue weighted by atomic mass is 10.1. The standard InChI is InChI=1S/C18H22N2O3S/c1-13-11-15(12-17(14(13)2)24(22,23)19(3)4)18(21)20(5)16-9-7-6-8-10-16/h6-12H,1-5H3. The first-order chi connectivity index (χ1) is 11.2. The van der Waals surface area contributed by atoms with Gasteiger partial charge in [0.2, 0.25) is 10.0 Å². The van der Waals surface area contributed by atoms with Gasteiger partial charge in [-0.2, -0.15) is 0 Å². The Morgan fingerprint density at radius 2 is 1.54 bits per heavy atom. The molecule has 2 rings (SSSR count). The number of anilines is 1. The molecule has 0 aliphatic rings. The Hall–Kier alpha value is -2.18.